The van der Waals surface area contributed by atoms with E-state index in [1.54, 1.807) is 11.3 Å². The molecule has 0 spiro atoms. The first-order valence-corrected chi connectivity index (χ1v) is 7.16. The second-order valence-corrected chi connectivity index (χ2v) is 5.16. The van der Waals surface area contributed by atoms with Crippen molar-refractivity contribution in [3.05, 3.63) is 21.9 Å². The summed E-state index contributed by atoms with van der Waals surface area (Å²) in [7, 11) is 1.92. The zero-order valence-corrected chi connectivity index (χ0v) is 12.2. The normalized spacial score (nSPS) is 10.1. The van der Waals surface area contributed by atoms with Gasteiger partial charge in [0.1, 0.15) is 0 Å². The van der Waals surface area contributed by atoms with E-state index in [1.807, 2.05) is 30.3 Å². The number of rotatable bonds is 6. The van der Waals surface area contributed by atoms with Gasteiger partial charge in [-0.25, -0.2) is 0 Å². The first kappa shape index (κ1) is 15.7. The van der Waals surface area contributed by atoms with Crippen molar-refractivity contribution in [2.75, 3.05) is 26.7 Å². The summed E-state index contributed by atoms with van der Waals surface area (Å²) in [5.41, 5.74) is 0.987. The van der Waals surface area contributed by atoms with Gasteiger partial charge in [-0.1, -0.05) is 11.8 Å². The number of aliphatic hydroxyl groups excluding tert-OH is 1. The van der Waals surface area contributed by atoms with Crippen molar-refractivity contribution in [2.24, 2.45) is 0 Å². The minimum atomic E-state index is 0.0365. The first-order chi connectivity index (χ1) is 9.17. The van der Waals surface area contributed by atoms with Crippen LogP contribution in [0, 0.1) is 11.8 Å². The van der Waals surface area contributed by atoms with Gasteiger partial charge in [-0.3, -0.25) is 9.69 Å². The van der Waals surface area contributed by atoms with E-state index in [-0.39, 0.29) is 12.5 Å². The van der Waals surface area contributed by atoms with E-state index in [1.165, 1.54) is 0 Å². The zero-order valence-electron chi connectivity index (χ0n) is 11.4. The van der Waals surface area contributed by atoms with Gasteiger partial charge in [0.2, 0.25) is 5.91 Å². The molecule has 0 fully saturated rings. The Balaban J connectivity index is 2.55. The molecule has 0 atom stereocenters. The molecule has 104 valence electrons. The molecule has 1 heterocycles. The third-order valence-corrected chi connectivity index (χ3v) is 3.31. The molecular weight excluding hydrogens is 260 g/mol. The molecule has 0 saturated carbocycles. The van der Waals surface area contributed by atoms with E-state index in [0.29, 0.717) is 26.1 Å². The summed E-state index contributed by atoms with van der Waals surface area (Å²) in [5.74, 6) is 6.01. The molecule has 0 bridgehead atoms. The van der Waals surface area contributed by atoms with Crippen molar-refractivity contribution in [3.63, 3.8) is 0 Å². The smallest absolute Gasteiger partial charge is 0.234 e. The molecule has 0 radical (unpaired) electrons. The van der Waals surface area contributed by atoms with Crippen molar-refractivity contribution < 1.29 is 9.90 Å². The van der Waals surface area contributed by atoms with Gasteiger partial charge in [-0.2, -0.15) is 0 Å². The largest absolute Gasteiger partial charge is 0.395 e. The first-order valence-electron chi connectivity index (χ1n) is 6.28. The summed E-state index contributed by atoms with van der Waals surface area (Å²) in [6, 6.07) is 1.98. The molecule has 1 rings (SSSR count). The average molecular weight is 280 g/mol. The summed E-state index contributed by atoms with van der Waals surface area (Å²) >= 11 is 1.64. The lowest BCUT2D eigenvalue weighted by atomic mass is 10.2. The Morgan fingerprint density at radius 2 is 2.37 bits per heavy atom. The van der Waals surface area contributed by atoms with Crippen molar-refractivity contribution in [2.45, 2.75) is 19.9 Å². The number of thiophene rings is 1. The molecule has 1 amide bonds. The zero-order chi connectivity index (χ0) is 14.1. The van der Waals surface area contributed by atoms with Crippen LogP contribution in [0.5, 0.6) is 0 Å². The molecular formula is C14H20N2O2S. The topological polar surface area (TPSA) is 52.6 Å². The molecule has 0 saturated heterocycles. The maximum absolute atomic E-state index is 11.5. The number of nitrogens with one attached hydrogen (secondary N) is 1. The monoisotopic (exact) mass is 280 g/mol. The van der Waals surface area contributed by atoms with Crippen LogP contribution in [0.15, 0.2) is 11.4 Å². The van der Waals surface area contributed by atoms with E-state index in [0.717, 1.165) is 10.4 Å². The quantitative estimate of drug-likeness (QED) is 0.766. The highest BCUT2D eigenvalue weighted by atomic mass is 32.1. The van der Waals surface area contributed by atoms with Gasteiger partial charge >= 0.3 is 0 Å². The van der Waals surface area contributed by atoms with Gasteiger partial charge in [0, 0.05) is 30.0 Å². The van der Waals surface area contributed by atoms with Crippen LogP contribution in [-0.2, 0) is 11.3 Å². The summed E-state index contributed by atoms with van der Waals surface area (Å²) in [6.45, 7) is 3.74. The Morgan fingerprint density at radius 3 is 3.05 bits per heavy atom. The van der Waals surface area contributed by atoms with Gasteiger partial charge in [-0.05, 0) is 25.4 Å². The highest BCUT2D eigenvalue weighted by molar-refractivity contribution is 7.10. The number of likely N-dealkylation sites (N-methyl/N-ethyl adjacent to an activating group) is 2. The van der Waals surface area contributed by atoms with E-state index in [4.69, 9.17) is 5.11 Å². The van der Waals surface area contributed by atoms with E-state index < -0.39 is 0 Å². The van der Waals surface area contributed by atoms with Crippen LogP contribution in [-0.4, -0.2) is 42.7 Å². The van der Waals surface area contributed by atoms with Gasteiger partial charge in [0.15, 0.2) is 0 Å². The lowest BCUT2D eigenvalue weighted by molar-refractivity contribution is -0.121. The predicted molar refractivity (Wildman–Crippen MR) is 77.9 cm³/mol. The molecule has 1 aromatic rings. The number of carbonyl (C=O) groups is 1. The number of carbonyl (C=O) groups excluding carboxylic acids is 1. The Labute approximate surface area is 118 Å². The summed E-state index contributed by atoms with van der Waals surface area (Å²) in [6.07, 6.45) is 0.490. The molecule has 0 aliphatic rings. The summed E-state index contributed by atoms with van der Waals surface area (Å²) < 4.78 is 0. The van der Waals surface area contributed by atoms with Gasteiger partial charge in [-0.15, -0.1) is 11.3 Å². The van der Waals surface area contributed by atoms with Crippen LogP contribution in [0.3, 0.4) is 0 Å². The number of amides is 1. The number of aliphatic hydroxyl groups is 1. The molecule has 0 aliphatic heterocycles. The van der Waals surface area contributed by atoms with E-state index >= 15 is 0 Å². The van der Waals surface area contributed by atoms with Crippen LogP contribution in [0.25, 0.3) is 0 Å². The molecule has 4 nitrogen and oxygen atoms in total. The maximum atomic E-state index is 11.5. The van der Waals surface area contributed by atoms with Crippen molar-refractivity contribution in [3.8, 4) is 11.8 Å². The third kappa shape index (κ3) is 5.88. The van der Waals surface area contributed by atoms with Crippen LogP contribution in [0.1, 0.15) is 23.8 Å². The Bertz CT molecular complexity index is 460. The molecule has 0 unspecified atom stereocenters. The Morgan fingerprint density at radius 1 is 1.58 bits per heavy atom. The van der Waals surface area contributed by atoms with Crippen LogP contribution >= 0.6 is 11.3 Å². The number of hydrogen-bond donors (Lipinski definition) is 2. The highest BCUT2D eigenvalue weighted by Crippen LogP contribution is 2.17. The highest BCUT2D eigenvalue weighted by Gasteiger charge is 2.09. The second-order valence-electron chi connectivity index (χ2n) is 4.16. The average Bonchev–Trinajstić information content (AvgIpc) is 2.77. The van der Waals surface area contributed by atoms with Crippen LogP contribution < -0.4 is 5.32 Å². The van der Waals surface area contributed by atoms with E-state index in [9.17, 15) is 4.79 Å². The summed E-state index contributed by atoms with van der Waals surface area (Å²) in [5, 5.41) is 13.5. The number of hydrogen-bond acceptors (Lipinski definition) is 4. The lowest BCUT2D eigenvalue weighted by Crippen LogP contribution is -2.34. The fraction of sp³-hybridized carbons (Fsp3) is 0.500. The molecule has 2 N–H and O–H groups in total. The number of nitrogens with zero attached hydrogens (tertiary/aromatic N) is 1. The van der Waals surface area contributed by atoms with Crippen molar-refractivity contribution >= 4 is 17.2 Å². The van der Waals surface area contributed by atoms with Crippen LogP contribution in [0.2, 0.25) is 0 Å². The molecule has 0 aromatic carbocycles. The van der Waals surface area contributed by atoms with Gasteiger partial charge in [0.25, 0.3) is 0 Å². The minimum absolute atomic E-state index is 0.0365. The molecule has 0 aliphatic carbocycles. The fourth-order valence-corrected chi connectivity index (χ4v) is 2.50. The molecule has 5 heteroatoms. The Hall–Kier alpha value is -1.35. The van der Waals surface area contributed by atoms with E-state index in [2.05, 4.69) is 17.2 Å². The standard InChI is InChI=1S/C14H20N2O2S/c1-3-15-14(18)11-16(2)10-13-12(7-9-19-13)6-4-5-8-17/h7,9,17H,3,5,8,10-11H2,1-2H3,(H,15,18). The Kier molecular flexibility index (Phi) is 7.19. The fourth-order valence-electron chi connectivity index (χ4n) is 1.59. The maximum Gasteiger partial charge on any atom is 0.234 e. The van der Waals surface area contributed by atoms with Crippen LogP contribution in [0.4, 0.5) is 0 Å². The molecule has 19 heavy (non-hydrogen) atoms. The van der Waals surface area contributed by atoms with Gasteiger partial charge in [0.05, 0.1) is 13.2 Å². The molecule has 1 aromatic heterocycles. The summed E-state index contributed by atoms with van der Waals surface area (Å²) in [4.78, 5) is 14.6. The SMILES string of the molecule is CCNC(=O)CN(C)Cc1sccc1C#CCCO. The lowest BCUT2D eigenvalue weighted by Gasteiger charge is -2.15. The van der Waals surface area contributed by atoms with Crippen molar-refractivity contribution in [1.29, 1.82) is 0 Å². The predicted octanol–water partition coefficient (Wildman–Crippen LogP) is 1.05. The minimum Gasteiger partial charge on any atom is -0.395 e. The van der Waals surface area contributed by atoms with Crippen molar-refractivity contribution in [1.82, 2.24) is 10.2 Å². The second kappa shape index (κ2) is 8.70. The third-order valence-electron chi connectivity index (χ3n) is 2.41. The van der Waals surface area contributed by atoms with Gasteiger partial charge < -0.3 is 10.4 Å².